The van der Waals surface area contributed by atoms with Crippen LogP contribution in [0.15, 0.2) is 47.1 Å². The van der Waals surface area contributed by atoms with Gasteiger partial charge in [-0.2, -0.15) is 0 Å². The number of hydrogen-bond donors (Lipinski definition) is 1. The molecule has 0 aromatic rings. The van der Waals surface area contributed by atoms with Crippen LogP contribution in [0.5, 0.6) is 0 Å². The molecule has 1 nitrogen and oxygen atoms in total. The maximum atomic E-state index is 5.96. The first-order chi connectivity index (χ1) is 17.1. The molecule has 0 aromatic carbocycles. The van der Waals surface area contributed by atoms with Gasteiger partial charge in [-0.3, -0.25) is 0 Å². The molecular weight excluding hydrogens is 446 g/mol. The highest BCUT2D eigenvalue weighted by atomic mass is 14.6. The zero-order valence-electron chi connectivity index (χ0n) is 27.4. The van der Waals surface area contributed by atoms with Gasteiger partial charge < -0.3 is 5.73 Å². The lowest BCUT2D eigenvalue weighted by Crippen LogP contribution is -2.37. The summed E-state index contributed by atoms with van der Waals surface area (Å²) >= 11 is 0. The Kier molecular flexibility index (Phi) is 16.3. The maximum absolute atomic E-state index is 5.96. The quantitative estimate of drug-likeness (QED) is 0.171. The molecule has 0 saturated carbocycles. The van der Waals surface area contributed by atoms with Crippen molar-refractivity contribution in [1.29, 1.82) is 0 Å². The maximum Gasteiger partial charge on any atom is -0.00229 e. The van der Waals surface area contributed by atoms with Gasteiger partial charge in [-0.15, -0.1) is 0 Å². The van der Waals surface area contributed by atoms with E-state index in [2.05, 4.69) is 113 Å². The first kappa shape index (κ1) is 35.9. The zero-order valence-corrected chi connectivity index (χ0v) is 27.4. The summed E-state index contributed by atoms with van der Waals surface area (Å²) in [7, 11) is 0. The Morgan fingerprint density at radius 3 is 1.70 bits per heavy atom. The molecule has 0 aliphatic heterocycles. The van der Waals surface area contributed by atoms with E-state index in [0.717, 1.165) is 32.2 Å². The normalized spacial score (nSPS) is 17.1. The van der Waals surface area contributed by atoms with E-state index in [9.17, 15) is 0 Å². The van der Waals surface area contributed by atoms with Crippen molar-refractivity contribution in [2.75, 3.05) is 6.54 Å². The second kappa shape index (κ2) is 16.8. The van der Waals surface area contributed by atoms with Crippen molar-refractivity contribution in [3.63, 3.8) is 0 Å². The number of rotatable bonds is 19. The van der Waals surface area contributed by atoms with E-state index >= 15 is 0 Å². The monoisotopic (exact) mass is 514 g/mol. The Labute approximate surface area is 234 Å². The molecule has 2 unspecified atom stereocenters. The topological polar surface area (TPSA) is 26.0 Å². The summed E-state index contributed by atoms with van der Waals surface area (Å²) in [5.41, 5.74) is 11.7. The molecule has 0 spiro atoms. The number of nitrogens with two attached hydrogens (primary N) is 1. The summed E-state index contributed by atoms with van der Waals surface area (Å²) in [6.45, 7) is 29.0. The van der Waals surface area contributed by atoms with Gasteiger partial charge in [0.05, 0.1) is 0 Å². The summed E-state index contributed by atoms with van der Waals surface area (Å²) < 4.78 is 0. The van der Waals surface area contributed by atoms with E-state index < -0.39 is 0 Å². The van der Waals surface area contributed by atoms with Crippen molar-refractivity contribution in [3.05, 3.63) is 47.1 Å². The second-order valence-electron chi connectivity index (χ2n) is 14.2. The second-order valence-corrected chi connectivity index (χ2v) is 14.2. The highest BCUT2D eigenvalue weighted by molar-refractivity contribution is 5.12. The minimum Gasteiger partial charge on any atom is -0.330 e. The van der Waals surface area contributed by atoms with Gasteiger partial charge in [-0.1, -0.05) is 116 Å². The van der Waals surface area contributed by atoms with Gasteiger partial charge in [-0.05, 0) is 113 Å². The zero-order chi connectivity index (χ0) is 28.8. The third kappa shape index (κ3) is 14.0. The van der Waals surface area contributed by atoms with Crippen LogP contribution in [0.4, 0.5) is 0 Å². The molecular formula is C36H67N. The summed E-state index contributed by atoms with van der Waals surface area (Å²) in [5, 5.41) is 0. The fourth-order valence-corrected chi connectivity index (χ4v) is 4.94. The predicted octanol–water partition coefficient (Wildman–Crippen LogP) is 11.8. The molecule has 0 heterocycles. The average Bonchev–Trinajstić information content (AvgIpc) is 2.84. The summed E-state index contributed by atoms with van der Waals surface area (Å²) in [6.07, 6.45) is 25.3. The first-order valence-electron chi connectivity index (χ1n) is 15.4. The van der Waals surface area contributed by atoms with E-state index in [1.807, 2.05) is 0 Å². The van der Waals surface area contributed by atoms with Crippen LogP contribution in [-0.4, -0.2) is 6.54 Å². The van der Waals surface area contributed by atoms with Gasteiger partial charge in [0.1, 0.15) is 0 Å². The Morgan fingerprint density at radius 2 is 1.19 bits per heavy atom. The molecule has 216 valence electrons. The van der Waals surface area contributed by atoms with Crippen LogP contribution < -0.4 is 5.73 Å². The van der Waals surface area contributed by atoms with Gasteiger partial charge in [0.2, 0.25) is 0 Å². The largest absolute Gasteiger partial charge is 0.330 e. The summed E-state index contributed by atoms with van der Waals surface area (Å²) in [5.74, 6) is 0. The van der Waals surface area contributed by atoms with Gasteiger partial charge in [0.15, 0.2) is 0 Å². The van der Waals surface area contributed by atoms with Crippen molar-refractivity contribution in [1.82, 2.24) is 0 Å². The molecule has 0 fully saturated rings. The Balaban J connectivity index is 5.73. The van der Waals surface area contributed by atoms with Crippen LogP contribution in [-0.2, 0) is 0 Å². The van der Waals surface area contributed by atoms with E-state index in [-0.39, 0.29) is 16.2 Å². The molecule has 0 aromatic heterocycles. The first-order valence-corrected chi connectivity index (χ1v) is 15.4. The molecule has 0 radical (unpaired) electrons. The van der Waals surface area contributed by atoms with Crippen LogP contribution in [0.2, 0.25) is 0 Å². The summed E-state index contributed by atoms with van der Waals surface area (Å²) in [6, 6.07) is 0. The fraction of sp³-hybridized carbons (Fsp3) is 0.778. The Hall–Kier alpha value is -1.08. The molecule has 2 atom stereocenters. The molecule has 37 heavy (non-hydrogen) atoms. The van der Waals surface area contributed by atoms with E-state index in [1.165, 1.54) is 56.1 Å². The molecule has 2 N–H and O–H groups in total. The van der Waals surface area contributed by atoms with Crippen molar-refractivity contribution < 1.29 is 0 Å². The van der Waals surface area contributed by atoms with Crippen LogP contribution in [0.25, 0.3) is 0 Å². The van der Waals surface area contributed by atoms with Gasteiger partial charge in [0.25, 0.3) is 0 Å². The Morgan fingerprint density at radius 1 is 0.622 bits per heavy atom. The third-order valence-corrected chi connectivity index (χ3v) is 9.54. The molecule has 0 aliphatic rings. The lowest BCUT2D eigenvalue weighted by atomic mass is 9.58. The minimum atomic E-state index is 0.187. The van der Waals surface area contributed by atoms with Crippen LogP contribution in [0, 0.1) is 21.7 Å². The third-order valence-electron chi connectivity index (χ3n) is 9.54. The lowest BCUT2D eigenvalue weighted by molar-refractivity contribution is 0.0601. The SMILES string of the molecule is CCC(C)(C)C/C=C(/CC/C=C(\C)CCC=C(C)C)CC(C)(CC)C(C)(CC)C/C=C\CC(C)(C)CN. The molecule has 0 aliphatic carbocycles. The van der Waals surface area contributed by atoms with Gasteiger partial charge >= 0.3 is 0 Å². The lowest BCUT2D eigenvalue weighted by Gasteiger charge is -2.47. The molecule has 1 heteroatoms. The van der Waals surface area contributed by atoms with Crippen molar-refractivity contribution >= 4 is 0 Å². The van der Waals surface area contributed by atoms with Crippen LogP contribution in [0.3, 0.4) is 0 Å². The molecule has 0 bridgehead atoms. The van der Waals surface area contributed by atoms with Gasteiger partial charge in [0, 0.05) is 0 Å². The molecule has 0 amide bonds. The highest BCUT2D eigenvalue weighted by Crippen LogP contribution is 2.51. The predicted molar refractivity (Wildman–Crippen MR) is 171 cm³/mol. The standard InChI is InChI=1S/C36H67N/c1-13-33(7,8)27-24-32(23-19-22-31(6)21-18-20-30(4)5)28-36(12,15-3)35(11,14-2)26-17-16-25-34(9,10)29-37/h16-17,20,22,24H,13-15,18-19,21,23,25-29,37H2,1-12H3/b17-16-,31-22+,32-24-. The van der Waals surface area contributed by atoms with Crippen molar-refractivity contribution in [2.24, 2.45) is 27.4 Å². The number of allylic oxidation sites excluding steroid dienone is 8. The van der Waals surface area contributed by atoms with Crippen LogP contribution in [0.1, 0.15) is 154 Å². The van der Waals surface area contributed by atoms with Crippen LogP contribution >= 0.6 is 0 Å². The Bertz CT molecular complexity index is 756. The van der Waals surface area contributed by atoms with Gasteiger partial charge in [-0.25, -0.2) is 0 Å². The smallest absolute Gasteiger partial charge is 0.00229 e. The summed E-state index contributed by atoms with van der Waals surface area (Å²) in [4.78, 5) is 0. The van der Waals surface area contributed by atoms with E-state index in [4.69, 9.17) is 5.73 Å². The fourth-order valence-electron chi connectivity index (χ4n) is 4.94. The minimum absolute atomic E-state index is 0.187. The highest BCUT2D eigenvalue weighted by Gasteiger charge is 2.41. The van der Waals surface area contributed by atoms with E-state index in [1.54, 1.807) is 5.57 Å². The molecule has 0 saturated heterocycles. The van der Waals surface area contributed by atoms with Crippen molar-refractivity contribution in [2.45, 2.75) is 154 Å². The van der Waals surface area contributed by atoms with E-state index in [0.29, 0.717) is 5.41 Å². The number of hydrogen-bond acceptors (Lipinski definition) is 1. The molecule has 0 rings (SSSR count). The van der Waals surface area contributed by atoms with Crippen molar-refractivity contribution in [3.8, 4) is 0 Å². The average molecular weight is 514 g/mol.